The molecule has 1 aliphatic rings. The second kappa shape index (κ2) is 6.70. The molecular weight excluding hydrogens is 359 g/mol. The molecule has 5 nitrogen and oxygen atoms in total. The fraction of sp³-hybridized carbons (Fsp3) is 0.263. The molecule has 1 unspecified atom stereocenters. The lowest BCUT2D eigenvalue weighted by atomic mass is 10.1. The van der Waals surface area contributed by atoms with Gasteiger partial charge in [0.2, 0.25) is 5.82 Å². The van der Waals surface area contributed by atoms with E-state index in [0.29, 0.717) is 25.3 Å². The van der Waals surface area contributed by atoms with Crippen molar-refractivity contribution in [1.29, 1.82) is 0 Å². The molecule has 1 N–H and O–H groups in total. The van der Waals surface area contributed by atoms with Gasteiger partial charge in [-0.1, -0.05) is 30.3 Å². The first-order valence-electron chi connectivity index (χ1n) is 8.44. The van der Waals surface area contributed by atoms with E-state index in [9.17, 15) is 18.0 Å². The Hall–Kier alpha value is -2.87. The third-order valence-corrected chi connectivity index (χ3v) is 4.52. The van der Waals surface area contributed by atoms with Crippen LogP contribution in [0.25, 0.3) is 11.0 Å². The zero-order chi connectivity index (χ0) is 19.0. The van der Waals surface area contributed by atoms with Gasteiger partial charge in [0.05, 0.1) is 24.2 Å². The summed E-state index contributed by atoms with van der Waals surface area (Å²) in [7, 11) is 0. The molecule has 1 amide bonds. The summed E-state index contributed by atoms with van der Waals surface area (Å²) < 4.78 is 44.1. The van der Waals surface area contributed by atoms with Crippen LogP contribution in [0.1, 0.15) is 27.8 Å². The minimum Gasteiger partial charge on any atom is -0.370 e. The number of halogens is 3. The number of H-pyrrole nitrogens is 1. The minimum atomic E-state index is -4.56. The van der Waals surface area contributed by atoms with Gasteiger partial charge in [-0.25, -0.2) is 4.98 Å². The lowest BCUT2D eigenvalue weighted by Crippen LogP contribution is -2.42. The van der Waals surface area contributed by atoms with Crippen LogP contribution in [-0.2, 0) is 10.9 Å². The third-order valence-electron chi connectivity index (χ3n) is 4.52. The summed E-state index contributed by atoms with van der Waals surface area (Å²) in [6, 6.07) is 13.9. The molecule has 1 saturated heterocycles. The lowest BCUT2D eigenvalue weighted by molar-refractivity contribution is -0.144. The van der Waals surface area contributed by atoms with Crippen molar-refractivity contribution < 1.29 is 22.7 Å². The van der Waals surface area contributed by atoms with E-state index in [4.69, 9.17) is 4.74 Å². The van der Waals surface area contributed by atoms with Gasteiger partial charge < -0.3 is 14.6 Å². The molecule has 0 radical (unpaired) electrons. The van der Waals surface area contributed by atoms with Crippen LogP contribution in [0.2, 0.25) is 0 Å². The van der Waals surface area contributed by atoms with Crippen LogP contribution in [0.4, 0.5) is 13.2 Å². The number of carbonyl (C=O) groups excluding carboxylic acids is 1. The topological polar surface area (TPSA) is 58.2 Å². The number of amides is 1. The second-order valence-corrected chi connectivity index (χ2v) is 6.34. The van der Waals surface area contributed by atoms with E-state index in [1.165, 1.54) is 18.2 Å². The minimum absolute atomic E-state index is 0.169. The summed E-state index contributed by atoms with van der Waals surface area (Å²) in [4.78, 5) is 20.3. The summed E-state index contributed by atoms with van der Waals surface area (Å²) >= 11 is 0. The number of ether oxygens (including phenoxy) is 1. The highest BCUT2D eigenvalue weighted by Gasteiger charge is 2.35. The SMILES string of the molecule is O=C(c1ccc2nc(C(F)(F)F)[nH]c2c1)N1CCOC(c2ccccc2)C1. The van der Waals surface area contributed by atoms with Gasteiger partial charge in [0.1, 0.15) is 6.10 Å². The summed E-state index contributed by atoms with van der Waals surface area (Å²) in [5.74, 6) is -1.32. The Kier molecular flexibility index (Phi) is 4.35. The van der Waals surface area contributed by atoms with Gasteiger partial charge in [-0.3, -0.25) is 4.79 Å². The first-order chi connectivity index (χ1) is 12.9. The van der Waals surface area contributed by atoms with Gasteiger partial charge in [-0.05, 0) is 23.8 Å². The summed E-state index contributed by atoms with van der Waals surface area (Å²) in [6.07, 6.45) is -4.78. The van der Waals surface area contributed by atoms with Crippen LogP contribution in [0.5, 0.6) is 0 Å². The average Bonchev–Trinajstić information content (AvgIpc) is 3.12. The molecule has 2 heterocycles. The number of hydrogen-bond acceptors (Lipinski definition) is 3. The standard InChI is InChI=1S/C19H16F3N3O2/c20-19(21,22)18-23-14-7-6-13(10-15(14)24-18)17(26)25-8-9-27-16(11-25)12-4-2-1-3-5-12/h1-7,10,16H,8-9,11H2,(H,23,24). The maximum Gasteiger partial charge on any atom is 0.449 e. The highest BCUT2D eigenvalue weighted by molar-refractivity contribution is 5.97. The third kappa shape index (κ3) is 3.52. The smallest absolute Gasteiger partial charge is 0.370 e. The molecule has 27 heavy (non-hydrogen) atoms. The number of aromatic amines is 1. The van der Waals surface area contributed by atoms with Crippen molar-refractivity contribution in [2.24, 2.45) is 0 Å². The number of nitrogens with zero attached hydrogens (tertiary/aromatic N) is 2. The zero-order valence-electron chi connectivity index (χ0n) is 14.2. The van der Waals surface area contributed by atoms with E-state index in [0.717, 1.165) is 5.56 Å². The molecule has 8 heteroatoms. The van der Waals surface area contributed by atoms with E-state index in [-0.39, 0.29) is 23.0 Å². The summed E-state index contributed by atoms with van der Waals surface area (Å²) in [6.45, 7) is 1.21. The van der Waals surface area contributed by atoms with Crippen molar-refractivity contribution in [2.45, 2.75) is 12.3 Å². The molecule has 1 atom stereocenters. The molecule has 1 fully saturated rings. The number of rotatable bonds is 2. The summed E-state index contributed by atoms with van der Waals surface area (Å²) in [5, 5.41) is 0. The van der Waals surface area contributed by atoms with Crippen LogP contribution < -0.4 is 0 Å². The number of alkyl halides is 3. The zero-order valence-corrected chi connectivity index (χ0v) is 14.2. The van der Waals surface area contributed by atoms with E-state index in [1.54, 1.807) is 4.90 Å². The number of fused-ring (bicyclic) bond motifs is 1. The number of carbonyl (C=O) groups is 1. The van der Waals surface area contributed by atoms with Crippen LogP contribution in [-0.4, -0.2) is 40.5 Å². The molecule has 2 aromatic carbocycles. The first-order valence-corrected chi connectivity index (χ1v) is 8.44. The van der Waals surface area contributed by atoms with Gasteiger partial charge in [-0.15, -0.1) is 0 Å². The molecule has 0 saturated carbocycles. The molecule has 1 aliphatic heterocycles. The quantitative estimate of drug-likeness (QED) is 0.741. The Bertz CT molecular complexity index is 969. The maximum absolute atomic E-state index is 12.8. The van der Waals surface area contributed by atoms with Crippen molar-refractivity contribution in [3.8, 4) is 0 Å². The number of hydrogen-bond donors (Lipinski definition) is 1. The fourth-order valence-corrected chi connectivity index (χ4v) is 3.16. The van der Waals surface area contributed by atoms with E-state index < -0.39 is 12.0 Å². The van der Waals surface area contributed by atoms with E-state index >= 15 is 0 Å². The van der Waals surface area contributed by atoms with Crippen molar-refractivity contribution in [1.82, 2.24) is 14.9 Å². The Balaban J connectivity index is 1.56. The predicted molar refractivity (Wildman–Crippen MR) is 92.1 cm³/mol. The van der Waals surface area contributed by atoms with Crippen molar-refractivity contribution in [3.63, 3.8) is 0 Å². The van der Waals surface area contributed by atoms with Crippen molar-refractivity contribution in [3.05, 3.63) is 65.5 Å². The van der Waals surface area contributed by atoms with Crippen LogP contribution >= 0.6 is 0 Å². The number of aromatic nitrogens is 2. The largest absolute Gasteiger partial charge is 0.449 e. The van der Waals surface area contributed by atoms with Crippen LogP contribution in [0, 0.1) is 0 Å². The number of morpholine rings is 1. The molecule has 3 aromatic rings. The van der Waals surface area contributed by atoms with Crippen molar-refractivity contribution >= 4 is 16.9 Å². The maximum atomic E-state index is 12.8. The number of imidazole rings is 1. The van der Waals surface area contributed by atoms with Crippen LogP contribution in [0.3, 0.4) is 0 Å². The monoisotopic (exact) mass is 375 g/mol. The average molecular weight is 375 g/mol. The molecule has 0 aliphatic carbocycles. The summed E-state index contributed by atoms with van der Waals surface area (Å²) in [5.41, 5.74) is 1.64. The van der Waals surface area contributed by atoms with E-state index in [1.807, 2.05) is 30.3 Å². The Morgan fingerprint density at radius 1 is 1.19 bits per heavy atom. The Labute approximate surface area is 152 Å². The highest BCUT2D eigenvalue weighted by Crippen LogP contribution is 2.29. The van der Waals surface area contributed by atoms with Gasteiger partial charge >= 0.3 is 6.18 Å². The molecule has 0 spiro atoms. The molecule has 0 bridgehead atoms. The normalized spacial score (nSPS) is 18.0. The fourth-order valence-electron chi connectivity index (χ4n) is 3.16. The van der Waals surface area contributed by atoms with Crippen molar-refractivity contribution in [2.75, 3.05) is 19.7 Å². The molecule has 140 valence electrons. The number of benzene rings is 2. The molecular formula is C19H16F3N3O2. The highest BCUT2D eigenvalue weighted by atomic mass is 19.4. The second-order valence-electron chi connectivity index (χ2n) is 6.34. The van der Waals surface area contributed by atoms with Gasteiger partial charge in [0.15, 0.2) is 0 Å². The predicted octanol–water partition coefficient (Wildman–Crippen LogP) is 3.80. The number of nitrogens with one attached hydrogen (secondary N) is 1. The lowest BCUT2D eigenvalue weighted by Gasteiger charge is -2.33. The Morgan fingerprint density at radius 3 is 2.70 bits per heavy atom. The first kappa shape index (κ1) is 17.5. The molecule has 4 rings (SSSR count). The van der Waals surface area contributed by atoms with Crippen LogP contribution in [0.15, 0.2) is 48.5 Å². The molecule has 1 aromatic heterocycles. The van der Waals surface area contributed by atoms with E-state index in [2.05, 4.69) is 9.97 Å². The van der Waals surface area contributed by atoms with Gasteiger partial charge in [0, 0.05) is 12.1 Å². The Morgan fingerprint density at radius 2 is 1.96 bits per heavy atom. The van der Waals surface area contributed by atoms with Gasteiger partial charge in [0.25, 0.3) is 5.91 Å². The van der Waals surface area contributed by atoms with Gasteiger partial charge in [-0.2, -0.15) is 13.2 Å².